The van der Waals surface area contributed by atoms with E-state index in [1.807, 2.05) is 42.6 Å². The molecule has 0 aliphatic carbocycles. The Balaban J connectivity index is 1.43. The van der Waals surface area contributed by atoms with Crippen molar-refractivity contribution in [1.82, 2.24) is 9.55 Å². The molecule has 4 aromatic rings. The zero-order valence-electron chi connectivity index (χ0n) is 18.0. The SMILES string of the molecule is Cc1ncccc1C(=O)Nc1ccc(C(=O)N2Cc3cccn3Cc3ccccc32)c(Cl)c1. The van der Waals surface area contributed by atoms with Crippen molar-refractivity contribution in [2.45, 2.75) is 20.0 Å². The van der Waals surface area contributed by atoms with Gasteiger partial charge in [-0.1, -0.05) is 29.8 Å². The predicted molar refractivity (Wildman–Crippen MR) is 129 cm³/mol. The standard InChI is InChI=1S/C26H21ClN4O2/c1-17-21(8-4-12-28-17)25(32)29-19-10-11-22(23(27)14-19)26(33)31-16-20-7-5-13-30(20)15-18-6-2-3-9-24(18)31/h2-14H,15-16H2,1H3,(H,29,32). The Kier molecular flexibility index (Phi) is 5.44. The maximum Gasteiger partial charge on any atom is 0.260 e. The third kappa shape index (κ3) is 4.01. The second kappa shape index (κ2) is 8.56. The van der Waals surface area contributed by atoms with Gasteiger partial charge in [-0.2, -0.15) is 0 Å². The van der Waals surface area contributed by atoms with E-state index in [1.165, 1.54) is 0 Å². The van der Waals surface area contributed by atoms with E-state index in [1.54, 1.807) is 48.4 Å². The van der Waals surface area contributed by atoms with Crippen molar-refractivity contribution in [3.63, 3.8) is 0 Å². The molecule has 0 radical (unpaired) electrons. The van der Waals surface area contributed by atoms with Crippen LogP contribution in [0.3, 0.4) is 0 Å². The first-order chi connectivity index (χ1) is 16.0. The maximum atomic E-state index is 13.6. The summed E-state index contributed by atoms with van der Waals surface area (Å²) in [7, 11) is 0. The minimum atomic E-state index is -0.280. The molecule has 33 heavy (non-hydrogen) atoms. The van der Waals surface area contributed by atoms with Crippen LogP contribution < -0.4 is 10.2 Å². The molecule has 0 fully saturated rings. The van der Waals surface area contributed by atoms with Gasteiger partial charge in [0.25, 0.3) is 11.8 Å². The second-order valence-electron chi connectivity index (χ2n) is 7.93. The van der Waals surface area contributed by atoms with Gasteiger partial charge in [-0.05, 0) is 61.0 Å². The van der Waals surface area contributed by atoms with Gasteiger partial charge >= 0.3 is 0 Å². The lowest BCUT2D eigenvalue weighted by molar-refractivity contribution is 0.0984. The summed E-state index contributed by atoms with van der Waals surface area (Å²) < 4.78 is 2.15. The fourth-order valence-electron chi connectivity index (χ4n) is 4.10. The highest BCUT2D eigenvalue weighted by Gasteiger charge is 2.26. The number of halogens is 1. The van der Waals surface area contributed by atoms with E-state index < -0.39 is 0 Å². The molecule has 5 rings (SSSR count). The molecule has 7 heteroatoms. The fraction of sp³-hybridized carbons (Fsp3) is 0.115. The number of rotatable bonds is 3. The molecule has 0 bridgehead atoms. The topological polar surface area (TPSA) is 67.2 Å². The van der Waals surface area contributed by atoms with Crippen molar-refractivity contribution in [2.75, 3.05) is 10.2 Å². The number of hydrogen-bond donors (Lipinski definition) is 1. The molecule has 0 saturated heterocycles. The quantitative estimate of drug-likeness (QED) is 0.454. The van der Waals surface area contributed by atoms with Crippen LogP contribution in [0, 0.1) is 6.92 Å². The minimum absolute atomic E-state index is 0.192. The number of hydrogen-bond acceptors (Lipinski definition) is 3. The molecule has 1 aliphatic rings. The molecule has 164 valence electrons. The number of carbonyl (C=O) groups is 2. The molecular weight excluding hydrogens is 436 g/mol. The van der Waals surface area contributed by atoms with E-state index in [9.17, 15) is 9.59 Å². The summed E-state index contributed by atoms with van der Waals surface area (Å²) in [6, 6.07) is 20.3. The lowest BCUT2D eigenvalue weighted by Crippen LogP contribution is -2.30. The number of pyridine rings is 1. The van der Waals surface area contributed by atoms with Gasteiger partial charge in [0, 0.05) is 41.7 Å². The van der Waals surface area contributed by atoms with E-state index in [-0.39, 0.29) is 16.8 Å². The summed E-state index contributed by atoms with van der Waals surface area (Å²) in [6.07, 6.45) is 3.66. The summed E-state index contributed by atoms with van der Waals surface area (Å²) in [4.78, 5) is 32.1. The third-order valence-corrected chi connectivity index (χ3v) is 6.13. The van der Waals surface area contributed by atoms with Crippen LogP contribution in [0.2, 0.25) is 5.02 Å². The lowest BCUT2D eigenvalue weighted by atomic mass is 10.1. The molecule has 1 aliphatic heterocycles. The Morgan fingerprint density at radius 2 is 1.82 bits per heavy atom. The van der Waals surface area contributed by atoms with Crippen molar-refractivity contribution in [1.29, 1.82) is 0 Å². The van der Waals surface area contributed by atoms with Crippen LogP contribution in [-0.4, -0.2) is 21.4 Å². The van der Waals surface area contributed by atoms with Crippen LogP contribution in [-0.2, 0) is 13.1 Å². The van der Waals surface area contributed by atoms with Crippen molar-refractivity contribution < 1.29 is 9.59 Å². The van der Waals surface area contributed by atoms with Crippen LogP contribution in [0.15, 0.2) is 79.1 Å². The number of nitrogens with zero attached hydrogens (tertiary/aromatic N) is 3. The Morgan fingerprint density at radius 1 is 0.970 bits per heavy atom. The molecule has 3 heterocycles. The van der Waals surface area contributed by atoms with Gasteiger partial charge in [0.2, 0.25) is 0 Å². The van der Waals surface area contributed by atoms with E-state index in [4.69, 9.17) is 11.6 Å². The molecule has 2 amide bonds. The summed E-state index contributed by atoms with van der Waals surface area (Å²) >= 11 is 6.53. The second-order valence-corrected chi connectivity index (χ2v) is 8.34. The number of aromatic nitrogens is 2. The van der Waals surface area contributed by atoms with Crippen molar-refractivity contribution in [3.8, 4) is 0 Å². The van der Waals surface area contributed by atoms with Gasteiger partial charge < -0.3 is 14.8 Å². The molecule has 0 spiro atoms. The summed E-state index contributed by atoms with van der Waals surface area (Å²) in [5, 5.41) is 3.10. The third-order valence-electron chi connectivity index (χ3n) is 5.82. The van der Waals surface area contributed by atoms with Crippen molar-refractivity contribution in [3.05, 3.63) is 112 Å². The fourth-order valence-corrected chi connectivity index (χ4v) is 4.36. The van der Waals surface area contributed by atoms with Gasteiger partial charge in [-0.3, -0.25) is 14.6 Å². The molecule has 0 atom stereocenters. The highest BCUT2D eigenvalue weighted by atomic mass is 35.5. The molecule has 2 aromatic heterocycles. The number of anilines is 2. The first-order valence-corrected chi connectivity index (χ1v) is 11.0. The van der Waals surface area contributed by atoms with E-state index >= 15 is 0 Å². The first-order valence-electron chi connectivity index (χ1n) is 10.6. The average molecular weight is 457 g/mol. The van der Waals surface area contributed by atoms with Crippen LogP contribution in [0.1, 0.15) is 37.7 Å². The smallest absolute Gasteiger partial charge is 0.260 e. The van der Waals surface area contributed by atoms with Crippen LogP contribution in [0.5, 0.6) is 0 Å². The van der Waals surface area contributed by atoms with Gasteiger partial charge in [-0.15, -0.1) is 0 Å². The van der Waals surface area contributed by atoms with E-state index in [2.05, 4.69) is 14.9 Å². The number of aryl methyl sites for hydroxylation is 1. The summed E-state index contributed by atoms with van der Waals surface area (Å²) in [5.41, 5.74) is 4.98. The number of benzene rings is 2. The van der Waals surface area contributed by atoms with Crippen molar-refractivity contribution in [2.24, 2.45) is 0 Å². The predicted octanol–water partition coefficient (Wildman–Crippen LogP) is 5.31. The number of para-hydroxylation sites is 1. The summed E-state index contributed by atoms with van der Waals surface area (Å²) in [5.74, 6) is -0.471. The van der Waals surface area contributed by atoms with E-state index in [0.29, 0.717) is 35.6 Å². The molecule has 6 nitrogen and oxygen atoms in total. The normalized spacial score (nSPS) is 12.5. The number of carbonyl (C=O) groups excluding carboxylic acids is 2. The molecule has 2 aromatic carbocycles. The van der Waals surface area contributed by atoms with Crippen LogP contribution >= 0.6 is 11.6 Å². The number of amides is 2. The molecule has 0 saturated carbocycles. The average Bonchev–Trinajstić information content (AvgIpc) is 3.18. The zero-order chi connectivity index (χ0) is 22.9. The van der Waals surface area contributed by atoms with Crippen LogP contribution in [0.25, 0.3) is 0 Å². The van der Waals surface area contributed by atoms with E-state index in [0.717, 1.165) is 16.9 Å². The van der Waals surface area contributed by atoms with Gasteiger partial charge in [-0.25, -0.2) is 0 Å². The number of nitrogens with one attached hydrogen (secondary N) is 1. The first kappa shape index (κ1) is 21.0. The zero-order valence-corrected chi connectivity index (χ0v) is 18.7. The highest BCUT2D eigenvalue weighted by molar-refractivity contribution is 6.35. The van der Waals surface area contributed by atoms with Gasteiger partial charge in [0.1, 0.15) is 0 Å². The molecule has 1 N–H and O–H groups in total. The number of fused-ring (bicyclic) bond motifs is 2. The lowest BCUT2D eigenvalue weighted by Gasteiger charge is -2.23. The molecule has 0 unspecified atom stereocenters. The van der Waals surface area contributed by atoms with Gasteiger partial charge in [0.15, 0.2) is 0 Å². The Morgan fingerprint density at radius 3 is 2.64 bits per heavy atom. The van der Waals surface area contributed by atoms with Gasteiger partial charge in [0.05, 0.1) is 22.7 Å². The monoisotopic (exact) mass is 456 g/mol. The molecular formula is C26H21ClN4O2. The Hall–Kier alpha value is -3.90. The Labute approximate surface area is 196 Å². The summed E-state index contributed by atoms with van der Waals surface area (Å²) in [6.45, 7) is 2.92. The highest BCUT2D eigenvalue weighted by Crippen LogP contribution is 2.31. The minimum Gasteiger partial charge on any atom is -0.345 e. The largest absolute Gasteiger partial charge is 0.345 e. The van der Waals surface area contributed by atoms with Crippen LogP contribution in [0.4, 0.5) is 11.4 Å². The Bertz CT molecular complexity index is 1380. The maximum absolute atomic E-state index is 13.6. The van der Waals surface area contributed by atoms with Crippen molar-refractivity contribution >= 4 is 34.8 Å².